The van der Waals surface area contributed by atoms with Gasteiger partial charge in [-0.15, -0.1) is 0 Å². The Morgan fingerprint density at radius 3 is 2.12 bits per heavy atom. The summed E-state index contributed by atoms with van der Waals surface area (Å²) in [5.41, 5.74) is 2.03. The number of carbonyl (C=O) groups excluding carboxylic acids is 3. The number of halogens is 1. The molecule has 2 heterocycles. The number of β-lactam (4-membered cyclic amide) rings is 1. The van der Waals surface area contributed by atoms with Crippen LogP contribution in [0.4, 0.5) is 10.1 Å². The molecule has 0 bridgehead atoms. The fourth-order valence-electron chi connectivity index (χ4n) is 4.36. The maximum atomic E-state index is 14.3. The van der Waals surface area contributed by atoms with E-state index >= 15 is 0 Å². The van der Waals surface area contributed by atoms with Gasteiger partial charge in [0.2, 0.25) is 0 Å². The van der Waals surface area contributed by atoms with E-state index in [0.29, 0.717) is 22.6 Å². The normalized spacial score (nSPS) is 19.8. The monoisotopic (exact) mass is 430 g/mol. The van der Waals surface area contributed by atoms with E-state index < -0.39 is 35.6 Å². The number of ether oxygens (including phenoxy) is 1. The first-order chi connectivity index (χ1) is 15.4. The zero-order chi connectivity index (χ0) is 22.6. The van der Waals surface area contributed by atoms with Crippen LogP contribution in [-0.4, -0.2) is 35.8 Å². The fraction of sp³-hybridized carbons (Fsp3) is 0.160. The van der Waals surface area contributed by atoms with Gasteiger partial charge in [0.1, 0.15) is 17.6 Å². The van der Waals surface area contributed by atoms with E-state index in [-0.39, 0.29) is 11.1 Å². The van der Waals surface area contributed by atoms with Gasteiger partial charge in [-0.3, -0.25) is 19.3 Å². The number of hydrogen-bond acceptors (Lipinski definition) is 4. The smallest absolute Gasteiger partial charge is 0.262 e. The summed E-state index contributed by atoms with van der Waals surface area (Å²) < 4.78 is 19.6. The van der Waals surface area contributed by atoms with Gasteiger partial charge in [0.25, 0.3) is 17.7 Å². The predicted octanol–water partition coefficient (Wildman–Crippen LogP) is 3.90. The van der Waals surface area contributed by atoms with E-state index in [1.54, 1.807) is 67.6 Å². The van der Waals surface area contributed by atoms with Crippen molar-refractivity contribution in [2.45, 2.75) is 19.0 Å². The molecule has 1 fully saturated rings. The van der Waals surface area contributed by atoms with Crippen LogP contribution in [0.1, 0.15) is 37.9 Å². The minimum Gasteiger partial charge on any atom is -0.497 e. The summed E-state index contributed by atoms with van der Waals surface area (Å²) in [5, 5.41) is 0. The number of rotatable bonds is 4. The second-order valence-corrected chi connectivity index (χ2v) is 7.83. The summed E-state index contributed by atoms with van der Waals surface area (Å²) in [4.78, 5) is 42.0. The molecule has 160 valence electrons. The third-order valence-electron chi connectivity index (χ3n) is 6.04. The molecule has 3 aromatic carbocycles. The third-order valence-corrected chi connectivity index (χ3v) is 6.04. The summed E-state index contributed by atoms with van der Waals surface area (Å²) in [6.45, 7) is 1.64. The molecule has 7 heteroatoms. The summed E-state index contributed by atoms with van der Waals surface area (Å²) >= 11 is 0. The minimum atomic E-state index is -1.04. The molecule has 0 aromatic heterocycles. The van der Waals surface area contributed by atoms with Gasteiger partial charge in [0.15, 0.2) is 0 Å². The van der Waals surface area contributed by atoms with Gasteiger partial charge in [-0.1, -0.05) is 30.3 Å². The van der Waals surface area contributed by atoms with Crippen LogP contribution in [0.15, 0.2) is 66.7 Å². The molecule has 5 rings (SSSR count). The van der Waals surface area contributed by atoms with E-state index in [2.05, 4.69) is 0 Å². The molecule has 0 spiro atoms. The van der Waals surface area contributed by atoms with Gasteiger partial charge < -0.3 is 9.64 Å². The van der Waals surface area contributed by atoms with Crippen LogP contribution >= 0.6 is 0 Å². The highest BCUT2D eigenvalue weighted by molar-refractivity contribution is 6.24. The lowest BCUT2D eigenvalue weighted by molar-refractivity contribution is -0.130. The molecule has 0 saturated carbocycles. The predicted molar refractivity (Wildman–Crippen MR) is 115 cm³/mol. The molecular weight excluding hydrogens is 411 g/mol. The Morgan fingerprint density at radius 2 is 1.50 bits per heavy atom. The molecule has 1 saturated heterocycles. The van der Waals surface area contributed by atoms with E-state index in [1.165, 1.54) is 18.1 Å². The van der Waals surface area contributed by atoms with Crippen molar-refractivity contribution in [1.29, 1.82) is 0 Å². The highest BCUT2D eigenvalue weighted by atomic mass is 19.1. The molecule has 2 atom stereocenters. The number of imide groups is 1. The zero-order valence-electron chi connectivity index (χ0n) is 17.4. The number of fused-ring (bicyclic) bond motifs is 1. The number of methoxy groups -OCH3 is 1. The first-order valence-electron chi connectivity index (χ1n) is 10.1. The second kappa shape index (κ2) is 7.30. The molecule has 32 heavy (non-hydrogen) atoms. The number of carbonyl (C=O) groups is 3. The van der Waals surface area contributed by atoms with Gasteiger partial charge in [-0.25, -0.2) is 4.39 Å². The van der Waals surface area contributed by atoms with E-state index in [9.17, 15) is 18.8 Å². The average molecular weight is 430 g/mol. The van der Waals surface area contributed by atoms with Crippen molar-refractivity contribution in [3.05, 3.63) is 94.8 Å². The molecule has 3 aromatic rings. The van der Waals surface area contributed by atoms with E-state index in [0.717, 1.165) is 4.90 Å². The van der Waals surface area contributed by atoms with Crippen molar-refractivity contribution in [2.75, 3.05) is 12.0 Å². The Hall–Kier alpha value is -4.00. The molecule has 2 aliphatic rings. The highest BCUT2D eigenvalue weighted by Crippen LogP contribution is 2.45. The van der Waals surface area contributed by atoms with Crippen molar-refractivity contribution in [3.63, 3.8) is 0 Å². The second-order valence-electron chi connectivity index (χ2n) is 7.83. The van der Waals surface area contributed by atoms with Crippen LogP contribution in [0.3, 0.4) is 0 Å². The third kappa shape index (κ3) is 2.81. The Morgan fingerprint density at radius 1 is 0.812 bits per heavy atom. The van der Waals surface area contributed by atoms with Crippen LogP contribution in [0, 0.1) is 12.7 Å². The average Bonchev–Trinajstić information content (AvgIpc) is 3.05. The molecule has 3 amide bonds. The van der Waals surface area contributed by atoms with Crippen molar-refractivity contribution < 1.29 is 23.5 Å². The summed E-state index contributed by atoms with van der Waals surface area (Å²) in [7, 11) is 1.53. The summed E-state index contributed by atoms with van der Waals surface area (Å²) in [6, 6.07) is 16.4. The first kappa shape index (κ1) is 19.9. The maximum Gasteiger partial charge on any atom is 0.262 e. The number of hydrogen-bond donors (Lipinski definition) is 0. The molecule has 0 unspecified atom stereocenters. The largest absolute Gasteiger partial charge is 0.497 e. The first-order valence-corrected chi connectivity index (χ1v) is 10.1. The Kier molecular flexibility index (Phi) is 4.55. The van der Waals surface area contributed by atoms with E-state index in [4.69, 9.17) is 4.74 Å². The topological polar surface area (TPSA) is 66.9 Å². The van der Waals surface area contributed by atoms with Crippen LogP contribution < -0.4 is 9.64 Å². The molecular formula is C25H19FN2O4. The maximum absolute atomic E-state index is 14.3. The number of benzene rings is 3. The standard InChI is InChI=1S/C25H19FN2O4/c1-14-10-11-16(13-20(14)26)27-21(15-6-5-7-17(12-15)32-2)22(25(27)31)28-23(29)18-8-3-4-9-19(18)24(28)30/h3-13,21-22H,1-2H3/t21-,22-/m0/s1. The molecule has 0 radical (unpaired) electrons. The summed E-state index contributed by atoms with van der Waals surface area (Å²) in [6.07, 6.45) is 0. The van der Waals surface area contributed by atoms with Gasteiger partial charge in [-0.2, -0.15) is 0 Å². The van der Waals surface area contributed by atoms with Crippen molar-refractivity contribution in [1.82, 2.24) is 4.90 Å². The van der Waals surface area contributed by atoms with Crippen LogP contribution in [0.2, 0.25) is 0 Å². The number of anilines is 1. The van der Waals surface area contributed by atoms with Crippen LogP contribution in [0.25, 0.3) is 0 Å². The van der Waals surface area contributed by atoms with Gasteiger partial charge in [0, 0.05) is 5.69 Å². The number of nitrogens with zero attached hydrogens (tertiary/aromatic N) is 2. The SMILES string of the molecule is COc1cccc([C@H]2[C@H](N3C(=O)c4ccccc4C3=O)C(=O)N2c2ccc(C)c(F)c2)c1. The lowest BCUT2D eigenvalue weighted by Gasteiger charge is -2.49. The quantitative estimate of drug-likeness (QED) is 0.465. The van der Waals surface area contributed by atoms with Crippen LogP contribution in [-0.2, 0) is 4.79 Å². The molecule has 6 nitrogen and oxygen atoms in total. The number of aryl methyl sites for hydroxylation is 1. The van der Waals surface area contributed by atoms with Gasteiger partial charge in [-0.05, 0) is 54.4 Å². The number of amides is 3. The molecule has 0 aliphatic carbocycles. The minimum absolute atomic E-state index is 0.273. The fourth-order valence-corrected chi connectivity index (χ4v) is 4.36. The highest BCUT2D eigenvalue weighted by Gasteiger charge is 2.57. The van der Waals surface area contributed by atoms with Crippen molar-refractivity contribution in [3.8, 4) is 5.75 Å². The lowest BCUT2D eigenvalue weighted by atomic mass is 9.86. The molecule has 0 N–H and O–H groups in total. The summed E-state index contributed by atoms with van der Waals surface area (Å²) in [5.74, 6) is -1.34. The zero-order valence-corrected chi connectivity index (χ0v) is 17.4. The lowest BCUT2D eigenvalue weighted by Crippen LogP contribution is -2.67. The van der Waals surface area contributed by atoms with Crippen molar-refractivity contribution >= 4 is 23.4 Å². The van der Waals surface area contributed by atoms with E-state index in [1.807, 2.05) is 0 Å². The Bertz CT molecular complexity index is 1250. The van der Waals surface area contributed by atoms with Gasteiger partial charge >= 0.3 is 0 Å². The Balaban J connectivity index is 1.61. The Labute approximate surface area is 183 Å². The molecule has 2 aliphatic heterocycles. The van der Waals surface area contributed by atoms with Crippen LogP contribution in [0.5, 0.6) is 5.75 Å². The van der Waals surface area contributed by atoms with Gasteiger partial charge in [0.05, 0.1) is 24.3 Å². The van der Waals surface area contributed by atoms with Crippen molar-refractivity contribution in [2.24, 2.45) is 0 Å².